The molecule has 0 radical (unpaired) electrons. The number of hydrogen-bond acceptors (Lipinski definition) is 5. The Morgan fingerprint density at radius 1 is 1.14 bits per heavy atom. The summed E-state index contributed by atoms with van der Waals surface area (Å²) in [6.07, 6.45) is 1.66. The average Bonchev–Trinajstić information content (AvgIpc) is 2.92. The lowest BCUT2D eigenvalue weighted by Gasteiger charge is -2.41. The highest BCUT2D eigenvalue weighted by molar-refractivity contribution is 6.22. The van der Waals surface area contributed by atoms with E-state index in [9.17, 15) is 19.2 Å². The molecule has 8 nitrogen and oxygen atoms in total. The SMILES string of the molecule is Cc1ccc2c(c1)C(=O)N(CC(=O)N1CCCC(N3CCNCC3=O)C1)C2=O.Cl. The van der Waals surface area contributed by atoms with Crippen molar-refractivity contribution in [3.63, 3.8) is 0 Å². The third-order valence-electron chi connectivity index (χ3n) is 5.74. The molecule has 1 atom stereocenters. The van der Waals surface area contributed by atoms with Crippen molar-refractivity contribution in [1.29, 1.82) is 0 Å². The fourth-order valence-electron chi connectivity index (χ4n) is 4.23. The zero-order valence-electron chi connectivity index (χ0n) is 16.3. The summed E-state index contributed by atoms with van der Waals surface area (Å²) in [4.78, 5) is 54.7. The first kappa shape index (κ1) is 21.3. The third kappa shape index (κ3) is 4.00. The summed E-state index contributed by atoms with van der Waals surface area (Å²) >= 11 is 0. The number of piperidine rings is 1. The molecule has 3 aliphatic rings. The summed E-state index contributed by atoms with van der Waals surface area (Å²) in [5, 5.41) is 3.05. The first-order chi connectivity index (χ1) is 13.5. The van der Waals surface area contributed by atoms with Crippen LogP contribution in [0.1, 0.15) is 39.1 Å². The van der Waals surface area contributed by atoms with Crippen molar-refractivity contribution in [3.8, 4) is 0 Å². The molecule has 9 heteroatoms. The molecule has 0 aliphatic carbocycles. The zero-order chi connectivity index (χ0) is 19.8. The van der Waals surface area contributed by atoms with E-state index < -0.39 is 11.8 Å². The van der Waals surface area contributed by atoms with E-state index in [1.165, 1.54) is 0 Å². The lowest BCUT2D eigenvalue weighted by Crippen LogP contribution is -2.58. The average molecular weight is 421 g/mol. The second-order valence-electron chi connectivity index (χ2n) is 7.65. The van der Waals surface area contributed by atoms with Gasteiger partial charge in [0.2, 0.25) is 11.8 Å². The maximum Gasteiger partial charge on any atom is 0.262 e. The Balaban J connectivity index is 0.00000240. The number of nitrogens with zero attached hydrogens (tertiary/aromatic N) is 3. The molecule has 1 unspecified atom stereocenters. The van der Waals surface area contributed by atoms with Gasteiger partial charge in [0.25, 0.3) is 11.8 Å². The highest BCUT2D eigenvalue weighted by Gasteiger charge is 2.38. The number of hydrogen-bond donors (Lipinski definition) is 1. The van der Waals surface area contributed by atoms with E-state index in [0.717, 1.165) is 29.8 Å². The van der Waals surface area contributed by atoms with Crippen molar-refractivity contribution in [2.75, 3.05) is 39.3 Å². The first-order valence-corrected chi connectivity index (χ1v) is 9.70. The van der Waals surface area contributed by atoms with Crippen LogP contribution in [-0.4, -0.2) is 83.6 Å². The van der Waals surface area contributed by atoms with Gasteiger partial charge in [-0.15, -0.1) is 12.4 Å². The highest BCUT2D eigenvalue weighted by atomic mass is 35.5. The van der Waals surface area contributed by atoms with Gasteiger partial charge in [-0.25, -0.2) is 0 Å². The Kier molecular flexibility index (Phi) is 6.24. The van der Waals surface area contributed by atoms with Gasteiger partial charge in [-0.1, -0.05) is 11.6 Å². The molecule has 0 bridgehead atoms. The Morgan fingerprint density at radius 3 is 2.66 bits per heavy atom. The molecule has 156 valence electrons. The van der Waals surface area contributed by atoms with E-state index in [2.05, 4.69) is 5.32 Å². The zero-order valence-corrected chi connectivity index (χ0v) is 17.2. The van der Waals surface area contributed by atoms with Crippen LogP contribution in [0.5, 0.6) is 0 Å². The maximum absolute atomic E-state index is 12.8. The van der Waals surface area contributed by atoms with Gasteiger partial charge in [-0.2, -0.15) is 0 Å². The molecule has 4 rings (SSSR count). The number of amides is 4. The molecule has 0 saturated carbocycles. The van der Waals surface area contributed by atoms with Crippen molar-refractivity contribution >= 4 is 36.0 Å². The fourth-order valence-corrected chi connectivity index (χ4v) is 4.23. The van der Waals surface area contributed by atoms with Gasteiger partial charge in [-0.05, 0) is 31.9 Å². The van der Waals surface area contributed by atoms with Gasteiger partial charge < -0.3 is 15.1 Å². The van der Waals surface area contributed by atoms with Gasteiger partial charge in [-0.3, -0.25) is 24.1 Å². The van der Waals surface area contributed by atoms with Gasteiger partial charge in [0.1, 0.15) is 6.54 Å². The van der Waals surface area contributed by atoms with Crippen LogP contribution in [0.3, 0.4) is 0 Å². The van der Waals surface area contributed by atoms with Gasteiger partial charge in [0.15, 0.2) is 0 Å². The van der Waals surface area contributed by atoms with Gasteiger partial charge >= 0.3 is 0 Å². The van der Waals surface area contributed by atoms with Gasteiger partial charge in [0.05, 0.1) is 17.7 Å². The Hall–Kier alpha value is -2.45. The number of fused-ring (bicyclic) bond motifs is 1. The summed E-state index contributed by atoms with van der Waals surface area (Å²) < 4.78 is 0. The second-order valence-corrected chi connectivity index (χ2v) is 7.65. The van der Waals surface area contributed by atoms with E-state index >= 15 is 0 Å². The predicted octanol–water partition coefficient (Wildman–Crippen LogP) is 0.436. The molecule has 3 heterocycles. The molecule has 4 amide bonds. The Morgan fingerprint density at radius 2 is 1.90 bits per heavy atom. The molecule has 1 aromatic carbocycles. The first-order valence-electron chi connectivity index (χ1n) is 9.70. The summed E-state index contributed by atoms with van der Waals surface area (Å²) in [5.41, 5.74) is 1.61. The van der Waals surface area contributed by atoms with Crippen LogP contribution in [-0.2, 0) is 9.59 Å². The number of nitrogens with one attached hydrogen (secondary N) is 1. The number of aryl methyl sites for hydroxylation is 1. The number of likely N-dealkylation sites (tertiary alicyclic amines) is 1. The number of piperazine rings is 1. The second kappa shape index (κ2) is 8.51. The molecule has 3 aliphatic heterocycles. The summed E-state index contributed by atoms with van der Waals surface area (Å²) in [5.74, 6) is -1.03. The van der Waals surface area contributed by atoms with E-state index in [4.69, 9.17) is 0 Å². The lowest BCUT2D eigenvalue weighted by molar-refractivity contribution is -0.140. The standard InChI is InChI=1S/C20H24N4O4.ClH/c1-13-4-5-15-16(9-13)20(28)24(19(15)27)12-18(26)22-7-2-3-14(11-22)23-8-6-21-10-17(23)25;/h4-5,9,14,21H,2-3,6-8,10-12H2,1H3;1H. The van der Waals surface area contributed by atoms with E-state index in [0.29, 0.717) is 37.3 Å². The topological polar surface area (TPSA) is 90.0 Å². The van der Waals surface area contributed by atoms with Crippen LogP contribution in [0, 0.1) is 6.92 Å². The molecule has 0 spiro atoms. The molecule has 2 fully saturated rings. The summed E-state index contributed by atoms with van der Waals surface area (Å²) in [6.45, 7) is 4.36. The minimum absolute atomic E-state index is 0. The number of halogens is 1. The number of carbonyl (C=O) groups excluding carboxylic acids is 4. The molecule has 1 aromatic rings. The van der Waals surface area contributed by atoms with Crippen molar-refractivity contribution < 1.29 is 19.2 Å². The molecule has 29 heavy (non-hydrogen) atoms. The molecule has 0 aromatic heterocycles. The summed E-state index contributed by atoms with van der Waals surface area (Å²) in [6, 6.07) is 5.11. The van der Waals surface area contributed by atoms with Crippen molar-refractivity contribution in [2.24, 2.45) is 0 Å². The monoisotopic (exact) mass is 420 g/mol. The quantitative estimate of drug-likeness (QED) is 0.716. The van der Waals surface area contributed by atoms with Gasteiger partial charge in [0, 0.05) is 32.2 Å². The predicted molar refractivity (Wildman–Crippen MR) is 108 cm³/mol. The van der Waals surface area contributed by atoms with Crippen LogP contribution >= 0.6 is 12.4 Å². The fraction of sp³-hybridized carbons (Fsp3) is 0.500. The molecular weight excluding hydrogens is 396 g/mol. The number of carbonyl (C=O) groups is 4. The van der Waals surface area contributed by atoms with Crippen molar-refractivity contribution in [3.05, 3.63) is 34.9 Å². The van der Waals surface area contributed by atoms with Crippen LogP contribution in [0.15, 0.2) is 18.2 Å². The minimum atomic E-state index is -0.417. The molecule has 1 N–H and O–H groups in total. The number of imide groups is 1. The van der Waals surface area contributed by atoms with E-state index in [1.807, 2.05) is 11.8 Å². The Labute approximate surface area is 175 Å². The number of rotatable bonds is 3. The normalized spacial score (nSPS) is 21.9. The maximum atomic E-state index is 12.8. The Bertz CT molecular complexity index is 859. The van der Waals surface area contributed by atoms with Crippen molar-refractivity contribution in [1.82, 2.24) is 20.0 Å². The van der Waals surface area contributed by atoms with Crippen LogP contribution < -0.4 is 5.32 Å². The number of benzene rings is 1. The summed E-state index contributed by atoms with van der Waals surface area (Å²) in [7, 11) is 0. The molecule has 2 saturated heterocycles. The third-order valence-corrected chi connectivity index (χ3v) is 5.74. The smallest absolute Gasteiger partial charge is 0.262 e. The molecular formula is C20H25ClN4O4. The van der Waals surface area contributed by atoms with E-state index in [-0.39, 0.29) is 36.8 Å². The minimum Gasteiger partial charge on any atom is -0.339 e. The highest BCUT2D eigenvalue weighted by Crippen LogP contribution is 2.24. The van der Waals surface area contributed by atoms with Crippen LogP contribution in [0.2, 0.25) is 0 Å². The van der Waals surface area contributed by atoms with Crippen LogP contribution in [0.4, 0.5) is 0 Å². The van der Waals surface area contributed by atoms with Crippen LogP contribution in [0.25, 0.3) is 0 Å². The largest absolute Gasteiger partial charge is 0.339 e. The van der Waals surface area contributed by atoms with Crippen molar-refractivity contribution in [2.45, 2.75) is 25.8 Å². The van der Waals surface area contributed by atoms with E-state index in [1.54, 1.807) is 23.1 Å². The lowest BCUT2D eigenvalue weighted by atomic mass is 10.0.